The van der Waals surface area contributed by atoms with Crippen LogP contribution in [0.25, 0.3) is 5.57 Å². The van der Waals surface area contributed by atoms with E-state index in [1.54, 1.807) is 19.2 Å². The first-order chi connectivity index (χ1) is 24.9. The number of allylic oxidation sites excluding steroid dienone is 3. The van der Waals surface area contributed by atoms with E-state index in [0.29, 0.717) is 36.3 Å². The fourth-order valence-electron chi connectivity index (χ4n) is 13.8. The Morgan fingerprint density at radius 1 is 0.925 bits per heavy atom. The molecule has 4 saturated carbocycles. The molecule has 7 rings (SSSR count). The first-order valence-corrected chi connectivity index (χ1v) is 20.7. The van der Waals surface area contributed by atoms with Gasteiger partial charge in [-0.05, 0) is 138 Å². The van der Waals surface area contributed by atoms with Crippen molar-refractivity contribution in [3.8, 4) is 0 Å². The van der Waals surface area contributed by atoms with Crippen LogP contribution in [-0.4, -0.2) is 65.7 Å². The number of benzene rings is 1. The normalized spacial score (nSPS) is 36.8. The highest BCUT2D eigenvalue weighted by Crippen LogP contribution is 2.77. The summed E-state index contributed by atoms with van der Waals surface area (Å²) in [5.41, 5.74) is 4.45. The number of nitrogens with zero attached hydrogens (tertiary/aromatic N) is 1. The number of aliphatic hydroxyl groups excluding tert-OH is 1. The van der Waals surface area contributed by atoms with Crippen molar-refractivity contribution in [2.24, 2.45) is 56.7 Å². The Hall–Kier alpha value is -2.77. The minimum Gasteiger partial charge on any atom is -0.478 e. The highest BCUT2D eigenvalue weighted by atomic mass is 16.5. The van der Waals surface area contributed by atoms with E-state index >= 15 is 0 Å². The first-order valence-electron chi connectivity index (χ1n) is 20.7. The van der Waals surface area contributed by atoms with Crippen LogP contribution in [0.15, 0.2) is 41.5 Å². The summed E-state index contributed by atoms with van der Waals surface area (Å²) in [6, 6.07) is 7.45. The Morgan fingerprint density at radius 3 is 2.23 bits per heavy atom. The van der Waals surface area contributed by atoms with Crippen molar-refractivity contribution in [2.75, 3.05) is 26.8 Å². The number of carbonyl (C=O) groups excluding carboxylic acids is 2. The summed E-state index contributed by atoms with van der Waals surface area (Å²) < 4.78 is 5.28. The summed E-state index contributed by atoms with van der Waals surface area (Å²) in [6.07, 6.45) is 12.6. The molecule has 0 aliphatic heterocycles. The highest BCUT2D eigenvalue weighted by Gasteiger charge is 2.70. The van der Waals surface area contributed by atoms with Gasteiger partial charge in [0.05, 0.1) is 11.7 Å². The lowest BCUT2D eigenvalue weighted by atomic mass is 9.33. The molecule has 0 spiro atoms. The van der Waals surface area contributed by atoms with Crippen molar-refractivity contribution in [1.29, 1.82) is 0 Å². The van der Waals surface area contributed by atoms with E-state index in [1.165, 1.54) is 17.6 Å². The maximum atomic E-state index is 14.2. The number of ketones is 1. The average molecular weight is 728 g/mol. The molecule has 6 aliphatic carbocycles. The largest absolute Gasteiger partial charge is 0.478 e. The number of carboxylic acid groups (broad SMARTS) is 1. The number of aromatic carboxylic acids is 1. The topological polar surface area (TPSA) is 104 Å². The second-order valence-corrected chi connectivity index (χ2v) is 19.8. The fraction of sp³-hybridized carbons (Fsp3) is 0.717. The lowest BCUT2D eigenvalue weighted by Crippen LogP contribution is -2.64. The van der Waals surface area contributed by atoms with Crippen LogP contribution >= 0.6 is 0 Å². The maximum Gasteiger partial charge on any atom is 0.335 e. The number of carbonyl (C=O) groups is 3. The highest BCUT2D eigenvalue weighted by molar-refractivity contribution is 6.01. The Kier molecular flexibility index (Phi) is 9.78. The van der Waals surface area contributed by atoms with Gasteiger partial charge in [0.1, 0.15) is 6.61 Å². The van der Waals surface area contributed by atoms with E-state index in [9.17, 15) is 24.6 Å². The molecule has 1 aromatic carbocycles. The molecule has 7 nitrogen and oxygen atoms in total. The van der Waals surface area contributed by atoms with E-state index in [2.05, 4.69) is 54.5 Å². The molecule has 0 radical (unpaired) electrons. The van der Waals surface area contributed by atoms with Crippen LogP contribution in [0.5, 0.6) is 0 Å². The van der Waals surface area contributed by atoms with Gasteiger partial charge in [-0.3, -0.25) is 9.59 Å². The lowest BCUT2D eigenvalue weighted by Gasteiger charge is -2.71. The summed E-state index contributed by atoms with van der Waals surface area (Å²) in [4.78, 5) is 41.0. The second kappa shape index (κ2) is 13.5. The third kappa shape index (κ3) is 5.75. The molecule has 8 atom stereocenters. The molecule has 0 bridgehead atoms. The van der Waals surface area contributed by atoms with E-state index in [0.717, 1.165) is 68.9 Å². The number of Topliss-reactive ketones (excluding diaryl/α,β-unsaturated/α-hetero) is 1. The monoisotopic (exact) mass is 727 g/mol. The Morgan fingerprint density at radius 2 is 1.62 bits per heavy atom. The van der Waals surface area contributed by atoms with Crippen molar-refractivity contribution in [2.45, 2.75) is 125 Å². The summed E-state index contributed by atoms with van der Waals surface area (Å²) in [6.45, 7) is 17.7. The maximum absolute atomic E-state index is 14.2. The summed E-state index contributed by atoms with van der Waals surface area (Å²) in [5.74, 6) is 1.03. The quantitative estimate of drug-likeness (QED) is 0.249. The summed E-state index contributed by atoms with van der Waals surface area (Å²) in [5, 5.41) is 22.0. The predicted octanol–water partition coefficient (Wildman–Crippen LogP) is 8.99. The zero-order valence-corrected chi connectivity index (χ0v) is 33.7. The van der Waals surface area contributed by atoms with Crippen molar-refractivity contribution < 1.29 is 29.3 Å². The van der Waals surface area contributed by atoms with Crippen molar-refractivity contribution in [1.82, 2.24) is 4.90 Å². The van der Waals surface area contributed by atoms with Crippen molar-refractivity contribution in [3.63, 3.8) is 0 Å². The predicted molar refractivity (Wildman–Crippen MR) is 208 cm³/mol. The van der Waals surface area contributed by atoms with Crippen LogP contribution in [0, 0.1) is 56.7 Å². The summed E-state index contributed by atoms with van der Waals surface area (Å²) in [7, 11) is 1.55. The number of hydrogen-bond donors (Lipinski definition) is 2. The first kappa shape index (κ1) is 38.5. The lowest BCUT2D eigenvalue weighted by molar-refractivity contribution is -0.200. The van der Waals surface area contributed by atoms with Crippen LogP contribution in [-0.2, 0) is 14.3 Å². The molecule has 2 N–H and O–H groups in total. The van der Waals surface area contributed by atoms with Crippen LogP contribution in [0.4, 0.5) is 0 Å². The molecule has 7 heteroatoms. The third-order valence-electron chi connectivity index (χ3n) is 16.9. The third-order valence-corrected chi connectivity index (χ3v) is 16.9. The average Bonchev–Trinajstić information content (AvgIpc) is 3.39. The molecule has 53 heavy (non-hydrogen) atoms. The molecular weight excluding hydrogens is 663 g/mol. The number of methoxy groups -OCH3 is 1. The van der Waals surface area contributed by atoms with Gasteiger partial charge >= 0.3 is 5.97 Å². The Labute approximate surface area is 318 Å². The smallest absolute Gasteiger partial charge is 0.335 e. The number of aliphatic hydroxyl groups is 1. The van der Waals surface area contributed by atoms with Crippen LogP contribution < -0.4 is 0 Å². The minimum absolute atomic E-state index is 0.00992. The van der Waals surface area contributed by atoms with Crippen molar-refractivity contribution in [3.05, 3.63) is 52.6 Å². The molecular formula is C46H65NO6. The van der Waals surface area contributed by atoms with E-state index in [-0.39, 0.29) is 58.3 Å². The fourth-order valence-corrected chi connectivity index (χ4v) is 13.8. The molecule has 0 aromatic heterocycles. The SMILES string of the molecule is COCC(=O)N(CC1CCC1)C[C@H](O)[C@@]12CC[C@]3(C)[C@H](CC[C@@H]4[C@@]5(C)CC=C(c6ccc(C(=O)O)cc6)C(C)(C)[C@H]5CC[C@]43C)C1=C(C(C)C)C(=O)C2. The van der Waals surface area contributed by atoms with E-state index in [1.807, 2.05) is 17.0 Å². The molecule has 1 amide bonds. The number of fused-ring (bicyclic) bond motifs is 7. The summed E-state index contributed by atoms with van der Waals surface area (Å²) >= 11 is 0. The van der Waals surface area contributed by atoms with Crippen LogP contribution in [0.1, 0.15) is 135 Å². The molecule has 0 unspecified atom stereocenters. The number of rotatable bonds is 10. The molecule has 0 heterocycles. The second-order valence-electron chi connectivity index (χ2n) is 19.8. The molecule has 290 valence electrons. The van der Waals surface area contributed by atoms with Gasteiger partial charge in [-0.15, -0.1) is 0 Å². The van der Waals surface area contributed by atoms with Crippen molar-refractivity contribution >= 4 is 23.2 Å². The standard InChI is InChI=1S/C46H65NO6/c1-28(2)39-34(48)24-46(37(49)26-47(38(50)27-53-8)25-29-10-9-11-29)23-22-44(6)33(40(39)46)16-17-36-43(5)20-18-32(30-12-14-31(15-13-30)41(51)52)42(3,4)35(43)19-21-45(36,44)7/h12-15,18,28-29,33,35-37,49H,9-11,16-17,19-27H2,1-8H3,(H,51,52)/t33-,35-,36-,37+,43+,44-,45-,46+/m1/s1. The van der Waals surface area contributed by atoms with Gasteiger partial charge in [0.2, 0.25) is 5.91 Å². The van der Waals surface area contributed by atoms with Gasteiger partial charge in [-0.2, -0.15) is 0 Å². The van der Waals surface area contributed by atoms with E-state index < -0.39 is 17.5 Å². The van der Waals surface area contributed by atoms with Gasteiger partial charge in [-0.25, -0.2) is 4.79 Å². The molecule has 0 saturated heterocycles. The number of hydrogen-bond acceptors (Lipinski definition) is 5. The number of carboxylic acids is 1. The van der Waals surface area contributed by atoms with Gasteiger partial charge in [0.25, 0.3) is 0 Å². The van der Waals surface area contributed by atoms with E-state index in [4.69, 9.17) is 4.74 Å². The Balaban J connectivity index is 1.22. The van der Waals surface area contributed by atoms with Gasteiger partial charge in [0.15, 0.2) is 5.78 Å². The number of ether oxygens (including phenoxy) is 1. The molecule has 1 aromatic rings. The zero-order valence-electron chi connectivity index (χ0n) is 33.7. The Bertz CT molecular complexity index is 1700. The van der Waals surface area contributed by atoms with Crippen LogP contribution in [0.2, 0.25) is 0 Å². The van der Waals surface area contributed by atoms with Gasteiger partial charge in [-0.1, -0.05) is 78.7 Å². The zero-order chi connectivity index (χ0) is 38.3. The molecule has 6 aliphatic rings. The minimum atomic E-state index is -0.896. The number of amides is 1. The van der Waals surface area contributed by atoms with Crippen LogP contribution in [0.3, 0.4) is 0 Å². The molecule has 4 fully saturated rings. The van der Waals surface area contributed by atoms with Gasteiger partial charge in [0, 0.05) is 32.0 Å². The van der Waals surface area contributed by atoms with Gasteiger partial charge < -0.3 is 19.8 Å².